The van der Waals surface area contributed by atoms with E-state index in [4.69, 9.17) is 0 Å². The van der Waals surface area contributed by atoms with E-state index in [9.17, 15) is 0 Å². The molecule has 0 radical (unpaired) electrons. The zero-order chi connectivity index (χ0) is 9.80. The maximum Gasteiger partial charge on any atom is 0.0539 e. The van der Waals surface area contributed by atoms with Gasteiger partial charge >= 0.3 is 0 Å². The first-order valence-electron chi connectivity index (χ1n) is 5.29. The van der Waals surface area contributed by atoms with Gasteiger partial charge in [-0.1, -0.05) is 6.92 Å². The fourth-order valence-electron chi connectivity index (χ4n) is 1.79. The molecule has 76 valence electrons. The summed E-state index contributed by atoms with van der Waals surface area (Å²) in [5.41, 5.74) is 1.30. The van der Waals surface area contributed by atoms with Crippen molar-refractivity contribution in [3.63, 3.8) is 0 Å². The molecule has 1 aliphatic rings. The van der Waals surface area contributed by atoms with Gasteiger partial charge in [-0.2, -0.15) is 0 Å². The van der Waals surface area contributed by atoms with Crippen LogP contribution in [0.1, 0.15) is 13.3 Å². The largest absolute Gasteiger partial charge is 0.366 e. The summed E-state index contributed by atoms with van der Waals surface area (Å²) in [7, 11) is 0. The van der Waals surface area contributed by atoms with Crippen molar-refractivity contribution >= 4 is 5.69 Å². The van der Waals surface area contributed by atoms with Crippen molar-refractivity contribution in [1.82, 2.24) is 10.3 Å². The van der Waals surface area contributed by atoms with Gasteiger partial charge in [0.1, 0.15) is 0 Å². The van der Waals surface area contributed by atoms with Gasteiger partial charge in [0.15, 0.2) is 0 Å². The van der Waals surface area contributed by atoms with E-state index >= 15 is 0 Å². The van der Waals surface area contributed by atoms with Crippen LogP contribution in [0.5, 0.6) is 0 Å². The fourth-order valence-corrected chi connectivity index (χ4v) is 1.79. The molecule has 1 aliphatic heterocycles. The van der Waals surface area contributed by atoms with Crippen molar-refractivity contribution in [3.8, 4) is 0 Å². The summed E-state index contributed by atoms with van der Waals surface area (Å²) in [4.78, 5) is 6.52. The predicted octanol–water partition coefficient (Wildman–Crippen LogP) is 1.27. The number of aromatic nitrogens is 1. The number of rotatable bonds is 4. The summed E-state index contributed by atoms with van der Waals surface area (Å²) in [6, 6.07) is 4.86. The number of hydrogen-bond acceptors (Lipinski definition) is 3. The van der Waals surface area contributed by atoms with Gasteiger partial charge < -0.3 is 10.2 Å². The second kappa shape index (κ2) is 4.42. The van der Waals surface area contributed by atoms with Gasteiger partial charge in [-0.3, -0.25) is 4.98 Å². The smallest absolute Gasteiger partial charge is 0.0539 e. The molecule has 0 amide bonds. The van der Waals surface area contributed by atoms with Crippen LogP contribution >= 0.6 is 0 Å². The van der Waals surface area contributed by atoms with Crippen molar-refractivity contribution in [2.45, 2.75) is 19.4 Å². The van der Waals surface area contributed by atoms with Crippen LogP contribution in [0, 0.1) is 0 Å². The van der Waals surface area contributed by atoms with Crippen LogP contribution < -0.4 is 10.2 Å². The molecule has 0 aliphatic carbocycles. The van der Waals surface area contributed by atoms with Crippen molar-refractivity contribution < 1.29 is 0 Å². The maximum atomic E-state index is 4.05. The minimum atomic E-state index is 0.678. The summed E-state index contributed by atoms with van der Waals surface area (Å²) in [5, 5.41) is 3.31. The Hall–Kier alpha value is -1.09. The first-order chi connectivity index (χ1) is 6.92. The average molecular weight is 191 g/mol. The molecule has 2 heterocycles. The predicted molar refractivity (Wildman–Crippen MR) is 58.5 cm³/mol. The van der Waals surface area contributed by atoms with Gasteiger partial charge in [-0.15, -0.1) is 0 Å². The molecular weight excluding hydrogens is 174 g/mol. The molecule has 1 aromatic heterocycles. The van der Waals surface area contributed by atoms with E-state index in [-0.39, 0.29) is 0 Å². The quantitative estimate of drug-likeness (QED) is 0.777. The van der Waals surface area contributed by atoms with Crippen LogP contribution in [0.15, 0.2) is 24.5 Å². The third-order valence-corrected chi connectivity index (χ3v) is 2.66. The van der Waals surface area contributed by atoms with E-state index in [1.165, 1.54) is 12.1 Å². The van der Waals surface area contributed by atoms with Crippen LogP contribution in [-0.4, -0.2) is 30.7 Å². The van der Waals surface area contributed by atoms with Crippen molar-refractivity contribution in [2.24, 2.45) is 0 Å². The Morgan fingerprint density at radius 3 is 2.64 bits per heavy atom. The molecule has 0 atom stereocenters. The lowest BCUT2D eigenvalue weighted by atomic mass is 10.1. The lowest BCUT2D eigenvalue weighted by molar-refractivity contribution is 0.412. The molecule has 3 nitrogen and oxygen atoms in total. The maximum absolute atomic E-state index is 4.05. The minimum absolute atomic E-state index is 0.678. The van der Waals surface area contributed by atoms with Crippen LogP contribution in [0.4, 0.5) is 5.69 Å². The Kier molecular flexibility index (Phi) is 2.99. The molecule has 2 rings (SSSR count). The molecule has 0 spiro atoms. The Bertz CT molecular complexity index is 269. The van der Waals surface area contributed by atoms with Crippen molar-refractivity contribution in [3.05, 3.63) is 24.5 Å². The third kappa shape index (κ3) is 1.87. The van der Waals surface area contributed by atoms with Crippen molar-refractivity contribution in [1.29, 1.82) is 0 Å². The van der Waals surface area contributed by atoms with Gasteiger partial charge in [0, 0.05) is 37.7 Å². The van der Waals surface area contributed by atoms with Gasteiger partial charge in [-0.25, -0.2) is 0 Å². The molecule has 1 saturated heterocycles. The van der Waals surface area contributed by atoms with Gasteiger partial charge in [-0.05, 0) is 18.6 Å². The molecule has 14 heavy (non-hydrogen) atoms. The lowest BCUT2D eigenvalue weighted by Crippen LogP contribution is -2.57. The van der Waals surface area contributed by atoms with Gasteiger partial charge in [0.05, 0.1) is 6.04 Å². The summed E-state index contributed by atoms with van der Waals surface area (Å²) >= 11 is 0. The number of nitrogens with one attached hydrogen (secondary N) is 1. The Morgan fingerprint density at radius 2 is 2.14 bits per heavy atom. The molecule has 0 aromatic carbocycles. The fraction of sp³-hybridized carbons (Fsp3) is 0.545. The molecule has 1 aromatic rings. The standard InChI is InChI=1S/C11H17N3/c1-2-7-14(11-8-13-9-11)10-3-5-12-6-4-10/h3-6,11,13H,2,7-9H2,1H3. The highest BCUT2D eigenvalue weighted by molar-refractivity contribution is 5.46. The average Bonchev–Trinajstić information content (AvgIpc) is 2.16. The molecule has 1 fully saturated rings. The van der Waals surface area contributed by atoms with Crippen LogP contribution in [0.2, 0.25) is 0 Å². The van der Waals surface area contributed by atoms with E-state index in [1.807, 2.05) is 12.4 Å². The van der Waals surface area contributed by atoms with Crippen molar-refractivity contribution in [2.75, 3.05) is 24.5 Å². The topological polar surface area (TPSA) is 28.2 Å². The molecule has 1 N–H and O–H groups in total. The van der Waals surface area contributed by atoms with Crippen LogP contribution in [-0.2, 0) is 0 Å². The summed E-state index contributed by atoms with van der Waals surface area (Å²) in [5.74, 6) is 0. The highest BCUT2D eigenvalue weighted by Gasteiger charge is 2.23. The van der Waals surface area contributed by atoms with Gasteiger partial charge in [0.25, 0.3) is 0 Å². The molecule has 0 saturated carbocycles. The van der Waals surface area contributed by atoms with Crippen LogP contribution in [0.25, 0.3) is 0 Å². The molecule has 0 bridgehead atoms. The molecule has 3 heteroatoms. The number of anilines is 1. The van der Waals surface area contributed by atoms with E-state index in [0.717, 1.165) is 19.6 Å². The highest BCUT2D eigenvalue weighted by atomic mass is 15.2. The summed E-state index contributed by atoms with van der Waals surface area (Å²) in [6.07, 6.45) is 4.92. The minimum Gasteiger partial charge on any atom is -0.366 e. The highest BCUT2D eigenvalue weighted by Crippen LogP contribution is 2.17. The van der Waals surface area contributed by atoms with E-state index in [1.54, 1.807) is 0 Å². The summed E-state index contributed by atoms with van der Waals surface area (Å²) < 4.78 is 0. The van der Waals surface area contributed by atoms with E-state index in [0.29, 0.717) is 6.04 Å². The lowest BCUT2D eigenvalue weighted by Gasteiger charge is -2.39. The third-order valence-electron chi connectivity index (χ3n) is 2.66. The monoisotopic (exact) mass is 191 g/mol. The number of pyridine rings is 1. The second-order valence-corrected chi connectivity index (χ2v) is 3.71. The number of hydrogen-bond donors (Lipinski definition) is 1. The zero-order valence-corrected chi connectivity index (χ0v) is 8.61. The molecular formula is C11H17N3. The molecule has 0 unspecified atom stereocenters. The first-order valence-corrected chi connectivity index (χ1v) is 5.29. The normalized spacial score (nSPS) is 16.4. The summed E-state index contributed by atoms with van der Waals surface area (Å²) in [6.45, 7) is 5.58. The number of nitrogens with zero attached hydrogens (tertiary/aromatic N) is 2. The Morgan fingerprint density at radius 1 is 1.43 bits per heavy atom. The van der Waals surface area contributed by atoms with E-state index < -0.39 is 0 Å². The SMILES string of the molecule is CCCN(c1ccncc1)C1CNC1. The van der Waals surface area contributed by atoms with Crippen LogP contribution in [0.3, 0.4) is 0 Å². The first kappa shape index (κ1) is 9.46. The Labute approximate surface area is 85.1 Å². The van der Waals surface area contributed by atoms with Gasteiger partial charge in [0.2, 0.25) is 0 Å². The second-order valence-electron chi connectivity index (χ2n) is 3.71. The van der Waals surface area contributed by atoms with E-state index in [2.05, 4.69) is 34.3 Å². The Balaban J connectivity index is 2.09. The zero-order valence-electron chi connectivity index (χ0n) is 8.61.